The second-order valence-corrected chi connectivity index (χ2v) is 8.73. The SMILES string of the molecule is CCN(CC)c1ccc(CNC(=O)c2ccc(N(C)S(=O)(=O)CC)cc2)cc1. The molecule has 28 heavy (non-hydrogen) atoms. The van der Waals surface area contributed by atoms with Gasteiger partial charge in [0.25, 0.3) is 5.91 Å². The van der Waals surface area contributed by atoms with Crippen molar-refractivity contribution in [3.63, 3.8) is 0 Å². The Labute approximate surface area is 168 Å². The minimum atomic E-state index is -3.32. The van der Waals surface area contributed by atoms with E-state index in [4.69, 9.17) is 0 Å². The maximum Gasteiger partial charge on any atom is 0.251 e. The topological polar surface area (TPSA) is 69.7 Å². The first-order valence-corrected chi connectivity index (χ1v) is 11.1. The number of nitrogens with one attached hydrogen (secondary N) is 1. The zero-order chi connectivity index (χ0) is 20.7. The van der Waals surface area contributed by atoms with Crippen LogP contribution in [-0.4, -0.2) is 40.2 Å². The summed E-state index contributed by atoms with van der Waals surface area (Å²) in [5, 5.41) is 2.90. The third-order valence-corrected chi connectivity index (χ3v) is 6.57. The van der Waals surface area contributed by atoms with Crippen LogP contribution in [0.4, 0.5) is 11.4 Å². The summed E-state index contributed by atoms with van der Waals surface area (Å²) in [6, 6.07) is 14.7. The van der Waals surface area contributed by atoms with Crippen molar-refractivity contribution >= 4 is 27.3 Å². The van der Waals surface area contributed by atoms with Crippen LogP contribution in [-0.2, 0) is 16.6 Å². The van der Waals surface area contributed by atoms with Crippen LogP contribution in [0.15, 0.2) is 48.5 Å². The predicted octanol–water partition coefficient (Wildman–Crippen LogP) is 3.25. The van der Waals surface area contributed by atoms with E-state index in [1.807, 2.05) is 12.1 Å². The maximum absolute atomic E-state index is 12.4. The van der Waals surface area contributed by atoms with E-state index in [0.29, 0.717) is 17.8 Å². The summed E-state index contributed by atoms with van der Waals surface area (Å²) in [4.78, 5) is 14.6. The van der Waals surface area contributed by atoms with E-state index in [1.54, 1.807) is 31.2 Å². The molecule has 0 spiro atoms. The lowest BCUT2D eigenvalue weighted by molar-refractivity contribution is 0.0951. The van der Waals surface area contributed by atoms with Crippen LogP contribution in [0.2, 0.25) is 0 Å². The minimum Gasteiger partial charge on any atom is -0.372 e. The highest BCUT2D eigenvalue weighted by Crippen LogP contribution is 2.18. The Kier molecular flexibility index (Phi) is 7.45. The number of amides is 1. The van der Waals surface area contributed by atoms with Crippen LogP contribution < -0.4 is 14.5 Å². The summed E-state index contributed by atoms with van der Waals surface area (Å²) in [6.45, 7) is 8.19. The number of sulfonamides is 1. The Morgan fingerprint density at radius 3 is 1.93 bits per heavy atom. The molecule has 2 aromatic carbocycles. The molecule has 0 aliphatic rings. The standard InChI is InChI=1S/C21H29N3O3S/c1-5-24(6-2)20-12-8-17(9-13-20)16-22-21(25)18-10-14-19(15-11-18)23(4)28(26,27)7-3/h8-15H,5-7,16H2,1-4H3,(H,22,25). The van der Waals surface area contributed by atoms with Crippen molar-refractivity contribution < 1.29 is 13.2 Å². The van der Waals surface area contributed by atoms with Gasteiger partial charge in [-0.3, -0.25) is 9.10 Å². The number of nitrogens with zero attached hydrogens (tertiary/aromatic N) is 2. The van der Waals surface area contributed by atoms with Crippen molar-refractivity contribution in [3.05, 3.63) is 59.7 Å². The minimum absolute atomic E-state index is 0.0266. The normalized spacial score (nSPS) is 11.1. The van der Waals surface area contributed by atoms with E-state index in [1.165, 1.54) is 17.0 Å². The Bertz CT molecular complexity index is 874. The molecule has 1 amide bonds. The quantitative estimate of drug-likeness (QED) is 0.698. The molecule has 0 aliphatic carbocycles. The van der Waals surface area contributed by atoms with Gasteiger partial charge in [0, 0.05) is 37.9 Å². The first kappa shape index (κ1) is 21.8. The number of hydrogen-bond donors (Lipinski definition) is 1. The van der Waals surface area contributed by atoms with Gasteiger partial charge >= 0.3 is 0 Å². The number of benzene rings is 2. The summed E-state index contributed by atoms with van der Waals surface area (Å²) in [5.41, 5.74) is 3.22. The van der Waals surface area contributed by atoms with Crippen molar-refractivity contribution in [2.24, 2.45) is 0 Å². The molecule has 0 aliphatic heterocycles. The van der Waals surface area contributed by atoms with Gasteiger partial charge in [0.15, 0.2) is 0 Å². The van der Waals surface area contributed by atoms with Crippen molar-refractivity contribution in [3.8, 4) is 0 Å². The summed E-state index contributed by atoms with van der Waals surface area (Å²) >= 11 is 0. The molecule has 6 nitrogen and oxygen atoms in total. The predicted molar refractivity (Wildman–Crippen MR) is 115 cm³/mol. The van der Waals surface area contributed by atoms with Crippen molar-refractivity contribution in [1.29, 1.82) is 0 Å². The molecule has 0 atom stereocenters. The maximum atomic E-state index is 12.4. The smallest absolute Gasteiger partial charge is 0.251 e. The third kappa shape index (κ3) is 5.25. The lowest BCUT2D eigenvalue weighted by Gasteiger charge is -2.21. The molecule has 0 aromatic heterocycles. The fourth-order valence-electron chi connectivity index (χ4n) is 2.87. The summed E-state index contributed by atoms with van der Waals surface area (Å²) in [6.07, 6.45) is 0. The van der Waals surface area contributed by atoms with Crippen LogP contribution in [0.5, 0.6) is 0 Å². The number of rotatable bonds is 9. The molecule has 152 valence electrons. The van der Waals surface area contributed by atoms with Gasteiger partial charge in [-0.2, -0.15) is 0 Å². The van der Waals surface area contributed by atoms with E-state index in [9.17, 15) is 13.2 Å². The molecule has 0 bridgehead atoms. The van der Waals surface area contributed by atoms with Gasteiger partial charge in [-0.25, -0.2) is 8.42 Å². The second-order valence-electron chi connectivity index (χ2n) is 6.44. The Morgan fingerprint density at radius 2 is 1.43 bits per heavy atom. The molecule has 7 heteroatoms. The molecule has 0 fully saturated rings. The zero-order valence-electron chi connectivity index (χ0n) is 17.0. The van der Waals surface area contributed by atoms with Gasteiger partial charge in [0.05, 0.1) is 11.4 Å². The summed E-state index contributed by atoms with van der Waals surface area (Å²) in [7, 11) is -1.81. The molecule has 2 rings (SSSR count). The number of hydrogen-bond acceptors (Lipinski definition) is 4. The monoisotopic (exact) mass is 403 g/mol. The molecule has 0 saturated carbocycles. The van der Waals surface area contributed by atoms with E-state index < -0.39 is 10.0 Å². The number of carbonyl (C=O) groups excluding carboxylic acids is 1. The molecule has 2 aromatic rings. The number of carbonyl (C=O) groups is 1. The largest absolute Gasteiger partial charge is 0.372 e. The number of anilines is 2. The Balaban J connectivity index is 1.98. The van der Waals surface area contributed by atoms with Crippen LogP contribution in [0.25, 0.3) is 0 Å². The Morgan fingerprint density at radius 1 is 0.893 bits per heavy atom. The molecule has 0 saturated heterocycles. The summed E-state index contributed by atoms with van der Waals surface area (Å²) in [5.74, 6) is -0.168. The van der Waals surface area contributed by atoms with E-state index >= 15 is 0 Å². The molecule has 0 radical (unpaired) electrons. The van der Waals surface area contributed by atoms with Crippen LogP contribution in [0.1, 0.15) is 36.7 Å². The van der Waals surface area contributed by atoms with Crippen molar-refractivity contribution in [1.82, 2.24) is 5.32 Å². The lowest BCUT2D eigenvalue weighted by atomic mass is 10.1. The molecule has 1 N–H and O–H groups in total. The van der Waals surface area contributed by atoms with Gasteiger partial charge in [0.1, 0.15) is 0 Å². The molecule has 0 heterocycles. The van der Waals surface area contributed by atoms with Gasteiger partial charge in [0.2, 0.25) is 10.0 Å². The lowest BCUT2D eigenvalue weighted by Crippen LogP contribution is -2.28. The average Bonchev–Trinajstić information content (AvgIpc) is 2.73. The first-order chi connectivity index (χ1) is 13.3. The highest BCUT2D eigenvalue weighted by atomic mass is 32.2. The third-order valence-electron chi connectivity index (χ3n) is 4.79. The fourth-order valence-corrected chi connectivity index (χ4v) is 3.70. The van der Waals surface area contributed by atoms with Gasteiger partial charge in [-0.05, 0) is 62.7 Å². The van der Waals surface area contributed by atoms with Crippen LogP contribution in [0, 0.1) is 0 Å². The van der Waals surface area contributed by atoms with Crippen LogP contribution in [0.3, 0.4) is 0 Å². The first-order valence-electron chi connectivity index (χ1n) is 9.51. The highest BCUT2D eigenvalue weighted by Gasteiger charge is 2.16. The van der Waals surface area contributed by atoms with Gasteiger partial charge in [-0.15, -0.1) is 0 Å². The van der Waals surface area contributed by atoms with E-state index in [-0.39, 0.29) is 11.7 Å². The van der Waals surface area contributed by atoms with Gasteiger partial charge < -0.3 is 10.2 Å². The van der Waals surface area contributed by atoms with E-state index in [2.05, 4.69) is 36.2 Å². The fraction of sp³-hybridized carbons (Fsp3) is 0.381. The molecular formula is C21H29N3O3S. The zero-order valence-corrected chi connectivity index (χ0v) is 17.8. The van der Waals surface area contributed by atoms with Crippen molar-refractivity contribution in [2.45, 2.75) is 27.3 Å². The highest BCUT2D eigenvalue weighted by molar-refractivity contribution is 7.92. The Hall–Kier alpha value is -2.54. The second kappa shape index (κ2) is 9.59. The summed E-state index contributed by atoms with van der Waals surface area (Å²) < 4.78 is 25.1. The van der Waals surface area contributed by atoms with Crippen LogP contribution >= 0.6 is 0 Å². The molecular weight excluding hydrogens is 374 g/mol. The van der Waals surface area contributed by atoms with Gasteiger partial charge in [-0.1, -0.05) is 12.1 Å². The molecule has 0 unspecified atom stereocenters. The van der Waals surface area contributed by atoms with E-state index in [0.717, 1.165) is 18.7 Å². The average molecular weight is 404 g/mol. The van der Waals surface area contributed by atoms with Crippen molar-refractivity contribution in [2.75, 3.05) is 35.1 Å².